The smallest absolute Gasteiger partial charge is 0.344 e. The standard InChI is InChI=1S/C19H19FN2O6/c1-12(23)21-14-6-7-17(26-2)16(9-14)22-18(24)10-28-19(25)11-27-15-5-3-4-13(20)8-15/h3-9H,10-11H2,1-2H3,(H,21,23)(H,22,24). The van der Waals surface area contributed by atoms with Gasteiger partial charge in [-0.15, -0.1) is 0 Å². The molecule has 9 heteroatoms. The number of anilines is 2. The van der Waals surface area contributed by atoms with Gasteiger partial charge in [0.25, 0.3) is 5.91 Å². The first kappa shape index (κ1) is 20.7. The van der Waals surface area contributed by atoms with E-state index in [1.54, 1.807) is 12.1 Å². The molecule has 0 saturated heterocycles. The Morgan fingerprint density at radius 3 is 2.50 bits per heavy atom. The van der Waals surface area contributed by atoms with Gasteiger partial charge in [-0.05, 0) is 30.3 Å². The number of rotatable bonds is 8. The quantitative estimate of drug-likeness (QED) is 0.671. The molecule has 2 rings (SSSR count). The van der Waals surface area contributed by atoms with E-state index in [9.17, 15) is 18.8 Å². The van der Waals surface area contributed by atoms with Gasteiger partial charge in [-0.3, -0.25) is 9.59 Å². The van der Waals surface area contributed by atoms with E-state index < -0.39 is 30.9 Å². The minimum atomic E-state index is -0.793. The van der Waals surface area contributed by atoms with E-state index in [1.165, 1.54) is 38.3 Å². The molecule has 0 aliphatic carbocycles. The number of carbonyl (C=O) groups is 3. The van der Waals surface area contributed by atoms with Gasteiger partial charge in [0.1, 0.15) is 17.3 Å². The molecule has 2 N–H and O–H groups in total. The van der Waals surface area contributed by atoms with Gasteiger partial charge in [0, 0.05) is 18.7 Å². The third-order valence-corrected chi connectivity index (χ3v) is 3.31. The number of methoxy groups -OCH3 is 1. The summed E-state index contributed by atoms with van der Waals surface area (Å²) in [6.07, 6.45) is 0. The molecule has 2 aromatic carbocycles. The first-order valence-corrected chi connectivity index (χ1v) is 8.17. The molecule has 0 heterocycles. The Kier molecular flexibility index (Phi) is 7.32. The van der Waals surface area contributed by atoms with Gasteiger partial charge >= 0.3 is 5.97 Å². The Labute approximate surface area is 160 Å². The summed E-state index contributed by atoms with van der Waals surface area (Å²) in [5, 5.41) is 5.11. The number of hydrogen-bond donors (Lipinski definition) is 2. The number of ether oxygens (including phenoxy) is 3. The van der Waals surface area contributed by atoms with E-state index in [1.807, 2.05) is 0 Å². The van der Waals surface area contributed by atoms with E-state index in [2.05, 4.69) is 10.6 Å². The Morgan fingerprint density at radius 2 is 1.82 bits per heavy atom. The molecule has 148 valence electrons. The Balaban J connectivity index is 1.86. The van der Waals surface area contributed by atoms with Crippen molar-refractivity contribution in [3.05, 3.63) is 48.3 Å². The van der Waals surface area contributed by atoms with Crippen molar-refractivity contribution in [1.29, 1.82) is 0 Å². The molecule has 0 aliphatic heterocycles. The molecule has 0 saturated carbocycles. The summed E-state index contributed by atoms with van der Waals surface area (Å²) in [4.78, 5) is 34.8. The van der Waals surface area contributed by atoms with Gasteiger partial charge < -0.3 is 24.8 Å². The maximum Gasteiger partial charge on any atom is 0.344 e. The summed E-state index contributed by atoms with van der Waals surface area (Å²) in [5.74, 6) is -1.64. The fourth-order valence-electron chi connectivity index (χ4n) is 2.16. The number of amides is 2. The second-order valence-corrected chi connectivity index (χ2v) is 5.55. The van der Waals surface area contributed by atoms with Crippen LogP contribution in [0.4, 0.5) is 15.8 Å². The number of halogens is 1. The normalized spacial score (nSPS) is 9.96. The molecule has 0 aliphatic rings. The zero-order valence-corrected chi connectivity index (χ0v) is 15.3. The predicted octanol–water partition coefficient (Wildman–Crippen LogP) is 2.35. The van der Waals surface area contributed by atoms with Crippen molar-refractivity contribution in [2.45, 2.75) is 6.92 Å². The molecule has 28 heavy (non-hydrogen) atoms. The highest BCUT2D eigenvalue weighted by Gasteiger charge is 2.12. The topological polar surface area (TPSA) is 103 Å². The van der Waals surface area contributed by atoms with Crippen LogP contribution in [0.5, 0.6) is 11.5 Å². The molecular formula is C19H19FN2O6. The lowest BCUT2D eigenvalue weighted by Crippen LogP contribution is -2.24. The van der Waals surface area contributed by atoms with Crippen LogP contribution in [0.2, 0.25) is 0 Å². The van der Waals surface area contributed by atoms with Crippen molar-refractivity contribution in [2.75, 3.05) is 31.0 Å². The number of esters is 1. The van der Waals surface area contributed by atoms with Crippen molar-refractivity contribution in [3.8, 4) is 11.5 Å². The minimum Gasteiger partial charge on any atom is -0.495 e. The van der Waals surface area contributed by atoms with Crippen LogP contribution in [-0.4, -0.2) is 38.1 Å². The highest BCUT2D eigenvalue weighted by molar-refractivity contribution is 5.96. The van der Waals surface area contributed by atoms with E-state index in [4.69, 9.17) is 14.2 Å². The third kappa shape index (κ3) is 6.60. The van der Waals surface area contributed by atoms with Gasteiger partial charge in [-0.1, -0.05) is 6.07 Å². The molecule has 2 amide bonds. The average Bonchev–Trinajstić information content (AvgIpc) is 2.64. The lowest BCUT2D eigenvalue weighted by molar-refractivity contribution is -0.149. The predicted molar refractivity (Wildman–Crippen MR) is 98.8 cm³/mol. The van der Waals surface area contributed by atoms with Crippen LogP contribution < -0.4 is 20.1 Å². The van der Waals surface area contributed by atoms with Crippen LogP contribution >= 0.6 is 0 Å². The van der Waals surface area contributed by atoms with Crippen LogP contribution in [0.3, 0.4) is 0 Å². The Hall–Kier alpha value is -3.62. The highest BCUT2D eigenvalue weighted by atomic mass is 19.1. The summed E-state index contributed by atoms with van der Waals surface area (Å²) in [7, 11) is 1.42. The number of benzene rings is 2. The van der Waals surface area contributed by atoms with E-state index in [0.717, 1.165) is 6.07 Å². The fourth-order valence-corrected chi connectivity index (χ4v) is 2.16. The fraction of sp³-hybridized carbons (Fsp3) is 0.211. The monoisotopic (exact) mass is 390 g/mol. The zero-order chi connectivity index (χ0) is 20.5. The Bertz CT molecular complexity index is 871. The first-order chi connectivity index (χ1) is 13.4. The number of carbonyl (C=O) groups excluding carboxylic acids is 3. The van der Waals surface area contributed by atoms with Crippen molar-refractivity contribution in [2.24, 2.45) is 0 Å². The van der Waals surface area contributed by atoms with Crippen LogP contribution in [-0.2, 0) is 19.1 Å². The molecule has 0 fully saturated rings. The number of nitrogens with one attached hydrogen (secondary N) is 2. The first-order valence-electron chi connectivity index (χ1n) is 8.17. The van der Waals surface area contributed by atoms with Crippen LogP contribution in [0.25, 0.3) is 0 Å². The van der Waals surface area contributed by atoms with Crippen LogP contribution in [0.1, 0.15) is 6.92 Å². The van der Waals surface area contributed by atoms with Gasteiger partial charge in [0.2, 0.25) is 5.91 Å². The zero-order valence-electron chi connectivity index (χ0n) is 15.3. The molecule has 0 aromatic heterocycles. The largest absolute Gasteiger partial charge is 0.495 e. The summed E-state index contributed by atoms with van der Waals surface area (Å²) in [6.45, 7) is 0.324. The van der Waals surface area contributed by atoms with Gasteiger partial charge in [-0.25, -0.2) is 9.18 Å². The second kappa shape index (κ2) is 9.91. The molecule has 0 bridgehead atoms. The summed E-state index contributed by atoms with van der Waals surface area (Å²) in [5.41, 5.74) is 0.759. The van der Waals surface area contributed by atoms with Crippen molar-refractivity contribution in [1.82, 2.24) is 0 Å². The van der Waals surface area contributed by atoms with Gasteiger partial charge in [0.15, 0.2) is 13.2 Å². The van der Waals surface area contributed by atoms with Crippen LogP contribution in [0.15, 0.2) is 42.5 Å². The lowest BCUT2D eigenvalue weighted by atomic mass is 10.2. The summed E-state index contributed by atoms with van der Waals surface area (Å²) in [6, 6.07) is 9.97. The average molecular weight is 390 g/mol. The van der Waals surface area contributed by atoms with E-state index >= 15 is 0 Å². The van der Waals surface area contributed by atoms with E-state index in [-0.39, 0.29) is 11.7 Å². The van der Waals surface area contributed by atoms with Gasteiger partial charge in [-0.2, -0.15) is 0 Å². The molecule has 8 nitrogen and oxygen atoms in total. The van der Waals surface area contributed by atoms with Crippen molar-refractivity contribution in [3.63, 3.8) is 0 Å². The third-order valence-electron chi connectivity index (χ3n) is 3.31. The van der Waals surface area contributed by atoms with Crippen molar-refractivity contribution < 1.29 is 33.0 Å². The molecule has 0 unspecified atom stereocenters. The maximum absolute atomic E-state index is 13.0. The molecule has 0 radical (unpaired) electrons. The molecule has 2 aromatic rings. The summed E-state index contributed by atoms with van der Waals surface area (Å²) < 4.78 is 28.1. The van der Waals surface area contributed by atoms with Crippen LogP contribution in [0, 0.1) is 5.82 Å². The van der Waals surface area contributed by atoms with Crippen molar-refractivity contribution >= 4 is 29.2 Å². The Morgan fingerprint density at radius 1 is 1.04 bits per heavy atom. The number of hydrogen-bond acceptors (Lipinski definition) is 6. The maximum atomic E-state index is 13.0. The SMILES string of the molecule is COc1ccc(NC(C)=O)cc1NC(=O)COC(=O)COc1cccc(F)c1. The summed E-state index contributed by atoms with van der Waals surface area (Å²) >= 11 is 0. The van der Waals surface area contributed by atoms with Gasteiger partial charge in [0.05, 0.1) is 12.8 Å². The second-order valence-electron chi connectivity index (χ2n) is 5.55. The highest BCUT2D eigenvalue weighted by Crippen LogP contribution is 2.27. The molecular weight excluding hydrogens is 371 g/mol. The van der Waals surface area contributed by atoms with E-state index in [0.29, 0.717) is 17.1 Å². The minimum absolute atomic E-state index is 0.168. The lowest BCUT2D eigenvalue weighted by Gasteiger charge is -2.12. The molecule has 0 spiro atoms. The molecule has 0 atom stereocenters.